The third-order valence-electron chi connectivity index (χ3n) is 11.2. The van der Waals surface area contributed by atoms with Crippen LogP contribution in [-0.4, -0.2) is 21.5 Å². The van der Waals surface area contributed by atoms with Gasteiger partial charge in [-0.2, -0.15) is 0 Å². The smallest absolute Gasteiger partial charge is 0.366 e. The van der Waals surface area contributed by atoms with Gasteiger partial charge in [-0.15, -0.1) is 35.4 Å². The molecule has 0 amide bonds. The van der Waals surface area contributed by atoms with Gasteiger partial charge in [-0.25, -0.2) is 0 Å². The van der Waals surface area contributed by atoms with Crippen LogP contribution in [0.4, 0.5) is 0 Å². The van der Waals surface area contributed by atoms with E-state index in [1.165, 1.54) is 77.2 Å². The Labute approximate surface area is 399 Å². The van der Waals surface area contributed by atoms with Gasteiger partial charge < -0.3 is 22.0 Å². The van der Waals surface area contributed by atoms with Crippen LogP contribution in [0.2, 0.25) is 0 Å². The van der Waals surface area contributed by atoms with E-state index in [0.717, 1.165) is 11.1 Å². The van der Waals surface area contributed by atoms with Crippen molar-refractivity contribution in [2.45, 2.75) is 0 Å². The molecule has 310 valence electrons. The summed E-state index contributed by atoms with van der Waals surface area (Å²) in [5.74, 6) is 4.87. The number of hydrogen-bond acceptors (Lipinski definition) is 0. The standard InChI is InChI=1S/C26H24P2.2C15H10N.2Au/c1-5-13-23(14-6-1)27(24-15-7-2-8-16-24)21-22-28(25-17-9-3-10-18-25)26-19-11-4-12-20-26;2*1-3-11-8-9-15-13(10-11)12-6-4-5-7-14(12)16(15)2;;/h1-20H,21-22H2;2*4-10H,2H3;;/q;2*-1;2*+1/p+2. The Bertz CT molecular complexity index is 2800. The first-order chi connectivity index (χ1) is 29.5. The molecular formula is C56H46Au2N2P2+2. The Morgan fingerprint density at radius 1 is 0.355 bits per heavy atom. The molecule has 62 heavy (non-hydrogen) atoms. The zero-order valence-corrected chi connectivity index (χ0v) is 40.9. The zero-order chi connectivity index (χ0) is 41.3. The summed E-state index contributed by atoms with van der Waals surface area (Å²) in [4.78, 5) is 0. The Balaban J connectivity index is 0.000000162. The van der Waals surface area contributed by atoms with Gasteiger partial charge in [0.1, 0.15) is 12.3 Å². The van der Waals surface area contributed by atoms with Gasteiger partial charge >= 0.3 is 44.8 Å². The molecule has 0 aliphatic rings. The molecular weight excluding hydrogens is 1160 g/mol. The Morgan fingerprint density at radius 3 is 0.935 bits per heavy atom. The number of benzene rings is 8. The van der Waals surface area contributed by atoms with E-state index in [1.54, 1.807) is 0 Å². The van der Waals surface area contributed by atoms with Crippen molar-refractivity contribution in [3.05, 3.63) is 230 Å². The van der Waals surface area contributed by atoms with E-state index < -0.39 is 15.8 Å². The Hall–Kier alpha value is -5.18. The van der Waals surface area contributed by atoms with Gasteiger partial charge in [0.2, 0.25) is 0 Å². The molecule has 6 heteroatoms. The molecule has 0 aliphatic heterocycles. The molecule has 0 aliphatic carbocycles. The van der Waals surface area contributed by atoms with Gasteiger partial charge in [0.25, 0.3) is 0 Å². The largest absolute Gasteiger partial charge is 1.00 e. The predicted molar refractivity (Wildman–Crippen MR) is 264 cm³/mol. The fourth-order valence-electron chi connectivity index (χ4n) is 8.21. The van der Waals surface area contributed by atoms with Crippen molar-refractivity contribution >= 4 is 80.7 Å². The fourth-order valence-corrected chi connectivity index (χ4v) is 14.4. The predicted octanol–water partition coefficient (Wildman–Crippen LogP) is 11.3. The van der Waals surface area contributed by atoms with Crippen LogP contribution in [0, 0.1) is 24.7 Å². The van der Waals surface area contributed by atoms with Crippen molar-refractivity contribution in [3.8, 4) is 11.8 Å². The molecule has 0 fully saturated rings. The summed E-state index contributed by atoms with van der Waals surface area (Å²) in [7, 11) is 2.57. The summed E-state index contributed by atoms with van der Waals surface area (Å²) < 4.78 is 4.36. The summed E-state index contributed by atoms with van der Waals surface area (Å²) >= 11 is 0. The third-order valence-corrected chi connectivity index (χ3v) is 17.4. The van der Waals surface area contributed by atoms with Crippen molar-refractivity contribution < 1.29 is 44.8 Å². The molecule has 0 saturated carbocycles. The molecule has 0 saturated heterocycles. The van der Waals surface area contributed by atoms with E-state index in [0.29, 0.717) is 0 Å². The molecule has 10 rings (SSSR count). The van der Waals surface area contributed by atoms with Crippen molar-refractivity contribution in [1.82, 2.24) is 9.13 Å². The van der Waals surface area contributed by atoms with Gasteiger partial charge in [-0.05, 0) is 71.4 Å². The SMILES string of the molecule is [Au+].[Au+].[C-]#Cc1ccc2c(c1)c1ccccc1n2C.[C-]#Cc1ccc2c(c1)c1ccccc1n2C.c1ccc([PH+](CC[PH+](c2ccccc2)c2ccccc2)c2ccccc2)cc1. The molecule has 2 nitrogen and oxygen atoms in total. The van der Waals surface area contributed by atoms with Crippen molar-refractivity contribution in [1.29, 1.82) is 0 Å². The second-order valence-electron chi connectivity index (χ2n) is 14.8. The number of aryl methyl sites for hydroxylation is 2. The normalized spacial score (nSPS) is 10.5. The quantitative estimate of drug-likeness (QED) is 0.0651. The Kier molecular flexibility index (Phi) is 16.6. The zero-order valence-electron chi connectivity index (χ0n) is 34.5. The summed E-state index contributed by atoms with van der Waals surface area (Å²) in [6, 6.07) is 73.1. The first-order valence-corrected chi connectivity index (χ1v) is 23.7. The van der Waals surface area contributed by atoms with Crippen LogP contribution in [0.15, 0.2) is 206 Å². The van der Waals surface area contributed by atoms with Crippen LogP contribution in [0.5, 0.6) is 0 Å². The molecule has 8 aromatic carbocycles. The molecule has 10 aromatic rings. The van der Waals surface area contributed by atoms with Crippen molar-refractivity contribution in [2.75, 3.05) is 12.3 Å². The van der Waals surface area contributed by atoms with E-state index in [4.69, 9.17) is 12.8 Å². The minimum Gasteiger partial charge on any atom is -0.366 e. The van der Waals surface area contributed by atoms with Crippen LogP contribution >= 0.6 is 15.8 Å². The number of fused-ring (bicyclic) bond motifs is 6. The van der Waals surface area contributed by atoms with E-state index in [9.17, 15) is 0 Å². The van der Waals surface area contributed by atoms with Crippen LogP contribution in [0.1, 0.15) is 11.1 Å². The maximum Gasteiger partial charge on any atom is 1.00 e. The van der Waals surface area contributed by atoms with Gasteiger partial charge in [-0.3, -0.25) is 11.8 Å². The van der Waals surface area contributed by atoms with Crippen LogP contribution in [-0.2, 0) is 58.9 Å². The number of aromatic nitrogens is 2. The first kappa shape index (κ1) is 46.3. The maximum absolute atomic E-state index is 7.18. The van der Waals surface area contributed by atoms with E-state index in [2.05, 4.69) is 181 Å². The summed E-state index contributed by atoms with van der Waals surface area (Å²) in [5, 5.41) is 10.9. The minimum atomic E-state index is -0.783. The second kappa shape index (κ2) is 22.3. The second-order valence-corrected chi connectivity index (χ2v) is 20.0. The molecule has 2 heterocycles. The van der Waals surface area contributed by atoms with Gasteiger partial charge in [0, 0.05) is 46.9 Å². The monoisotopic (exact) mass is 1200 g/mol. The van der Waals surface area contributed by atoms with Gasteiger partial charge in [-0.1, -0.05) is 121 Å². The molecule has 0 radical (unpaired) electrons. The number of hydrogen-bond donors (Lipinski definition) is 0. The molecule has 0 atom stereocenters. The average Bonchev–Trinajstić information content (AvgIpc) is 3.78. The molecule has 0 bridgehead atoms. The summed E-state index contributed by atoms with van der Waals surface area (Å²) in [5.41, 5.74) is 6.48. The molecule has 0 unspecified atom stereocenters. The maximum atomic E-state index is 7.18. The van der Waals surface area contributed by atoms with Crippen molar-refractivity contribution in [3.63, 3.8) is 0 Å². The van der Waals surface area contributed by atoms with Gasteiger partial charge in [0.15, 0.2) is 0 Å². The fraction of sp³-hybridized carbons (Fsp3) is 0.0714. The minimum absolute atomic E-state index is 0. The van der Waals surface area contributed by atoms with Crippen LogP contribution in [0.3, 0.4) is 0 Å². The van der Waals surface area contributed by atoms with Crippen LogP contribution < -0.4 is 21.2 Å². The Morgan fingerprint density at radius 2 is 0.629 bits per heavy atom. The summed E-state index contributed by atoms with van der Waals surface area (Å²) in [6.45, 7) is 0. The topological polar surface area (TPSA) is 9.86 Å². The first-order valence-electron chi connectivity index (χ1n) is 20.3. The molecule has 0 N–H and O–H groups in total. The number of rotatable bonds is 7. The van der Waals surface area contributed by atoms with Gasteiger partial charge in [0.05, 0.1) is 37.1 Å². The van der Waals surface area contributed by atoms with E-state index >= 15 is 0 Å². The summed E-state index contributed by atoms with van der Waals surface area (Å²) in [6.07, 6.45) is 16.9. The third kappa shape index (κ3) is 10.4. The van der Waals surface area contributed by atoms with E-state index in [1.807, 2.05) is 60.7 Å². The van der Waals surface area contributed by atoms with E-state index in [-0.39, 0.29) is 44.8 Å². The number of para-hydroxylation sites is 2. The molecule has 0 spiro atoms. The van der Waals surface area contributed by atoms with Crippen molar-refractivity contribution in [2.24, 2.45) is 14.1 Å². The number of nitrogens with zero attached hydrogens (tertiary/aromatic N) is 2. The molecule has 2 aromatic heterocycles. The van der Waals surface area contributed by atoms with Crippen LogP contribution in [0.25, 0.3) is 43.6 Å². The average molecular weight is 1200 g/mol.